The summed E-state index contributed by atoms with van der Waals surface area (Å²) in [5.74, 6) is -0.490. The molecule has 0 bridgehead atoms. The van der Waals surface area contributed by atoms with Crippen LogP contribution in [0.5, 0.6) is 0 Å². The van der Waals surface area contributed by atoms with E-state index in [1.807, 2.05) is 0 Å². The van der Waals surface area contributed by atoms with Crippen molar-refractivity contribution in [3.63, 3.8) is 0 Å². The number of hydrogen-bond donors (Lipinski definition) is 1. The maximum Gasteiger partial charge on any atom is 0.248 e. The van der Waals surface area contributed by atoms with Crippen molar-refractivity contribution in [2.24, 2.45) is 5.92 Å². The molecule has 1 aliphatic heterocycles. The third kappa shape index (κ3) is 4.99. The van der Waals surface area contributed by atoms with E-state index in [1.165, 1.54) is 16.4 Å². The van der Waals surface area contributed by atoms with Crippen molar-refractivity contribution in [2.45, 2.75) is 49.4 Å². The van der Waals surface area contributed by atoms with Crippen molar-refractivity contribution in [2.75, 3.05) is 19.3 Å². The first-order valence-corrected chi connectivity index (χ1v) is 13.3. The second-order valence-electron chi connectivity index (χ2n) is 7.93. The summed E-state index contributed by atoms with van der Waals surface area (Å²) in [7, 11) is -7.10. The summed E-state index contributed by atoms with van der Waals surface area (Å²) in [6.07, 6.45) is 2.29. The molecule has 2 aromatic rings. The van der Waals surface area contributed by atoms with Gasteiger partial charge in [0.15, 0.2) is 15.6 Å². The first kappa shape index (κ1) is 23.4. The van der Waals surface area contributed by atoms with Gasteiger partial charge in [0.25, 0.3) is 0 Å². The van der Waals surface area contributed by atoms with Crippen LogP contribution in [0, 0.1) is 19.8 Å². The summed E-state index contributed by atoms with van der Waals surface area (Å²) in [5.41, 5.74) is 1.06. The summed E-state index contributed by atoms with van der Waals surface area (Å²) >= 11 is 0. The Morgan fingerprint density at radius 3 is 2.39 bits per heavy atom. The minimum absolute atomic E-state index is 0.0629. The van der Waals surface area contributed by atoms with Crippen LogP contribution in [0.15, 0.2) is 38.6 Å². The number of piperidine rings is 1. The highest BCUT2D eigenvalue weighted by atomic mass is 32.2. The minimum Gasteiger partial charge on any atom is -0.360 e. The highest BCUT2D eigenvalue weighted by molar-refractivity contribution is 7.90. The van der Waals surface area contributed by atoms with Crippen LogP contribution in [-0.4, -0.2) is 51.5 Å². The molecule has 1 aromatic carbocycles. The van der Waals surface area contributed by atoms with Crippen LogP contribution in [-0.2, 0) is 24.7 Å². The van der Waals surface area contributed by atoms with E-state index in [0.717, 1.165) is 11.8 Å². The van der Waals surface area contributed by atoms with Crippen LogP contribution in [0.2, 0.25) is 0 Å². The quantitative estimate of drug-likeness (QED) is 0.685. The molecular weight excluding hydrogens is 442 g/mol. The number of sulfone groups is 1. The van der Waals surface area contributed by atoms with Crippen LogP contribution in [0.1, 0.15) is 42.8 Å². The van der Waals surface area contributed by atoms with E-state index in [4.69, 9.17) is 4.52 Å². The third-order valence-corrected chi connectivity index (χ3v) is 8.73. The second-order valence-corrected chi connectivity index (χ2v) is 11.8. The van der Waals surface area contributed by atoms with Gasteiger partial charge in [0.2, 0.25) is 15.9 Å². The number of carbonyl (C=O) groups excluding carboxylic acids is 1. The minimum atomic E-state index is -3.81. The standard InChI is InChI=1S/C20H27N3O6S2/c1-13(16-7-9-18(10-8-16)30(4,25)26)21-20(24)17-6-5-11-23(12-17)31(27,28)19-14(2)22-29-15(19)3/h7-10,13,17H,5-6,11-12H2,1-4H3,(H,21,24). The lowest BCUT2D eigenvalue weighted by Crippen LogP contribution is -2.46. The monoisotopic (exact) mass is 469 g/mol. The SMILES string of the molecule is Cc1noc(C)c1S(=O)(=O)N1CCCC(C(=O)NC(C)c2ccc(S(C)(=O)=O)cc2)C1. The fourth-order valence-electron chi connectivity index (χ4n) is 3.76. The maximum atomic E-state index is 13.1. The Kier molecular flexibility index (Phi) is 6.59. The van der Waals surface area contributed by atoms with Crippen molar-refractivity contribution < 1.29 is 26.2 Å². The Balaban J connectivity index is 1.70. The molecule has 0 saturated carbocycles. The molecule has 1 saturated heterocycles. The molecule has 2 unspecified atom stereocenters. The molecule has 170 valence electrons. The van der Waals surface area contributed by atoms with Gasteiger partial charge in [-0.15, -0.1) is 0 Å². The van der Waals surface area contributed by atoms with E-state index in [0.29, 0.717) is 25.1 Å². The number of carbonyl (C=O) groups is 1. The molecule has 3 rings (SSSR count). The number of rotatable bonds is 6. The van der Waals surface area contributed by atoms with Gasteiger partial charge >= 0.3 is 0 Å². The predicted molar refractivity (Wildman–Crippen MR) is 114 cm³/mol. The average Bonchev–Trinajstić information content (AvgIpc) is 3.06. The molecule has 1 fully saturated rings. The molecule has 0 radical (unpaired) electrons. The lowest BCUT2D eigenvalue weighted by atomic mass is 9.98. The van der Waals surface area contributed by atoms with Crippen molar-refractivity contribution >= 4 is 25.8 Å². The molecule has 1 aliphatic rings. The van der Waals surface area contributed by atoms with Gasteiger partial charge in [-0.25, -0.2) is 16.8 Å². The predicted octanol–water partition coefficient (Wildman–Crippen LogP) is 1.97. The topological polar surface area (TPSA) is 127 Å². The lowest BCUT2D eigenvalue weighted by Gasteiger charge is -2.31. The van der Waals surface area contributed by atoms with Crippen LogP contribution in [0.3, 0.4) is 0 Å². The molecule has 0 spiro atoms. The Bertz CT molecular complexity index is 1150. The first-order chi connectivity index (χ1) is 14.4. The molecule has 1 aromatic heterocycles. The van der Waals surface area contributed by atoms with E-state index in [2.05, 4.69) is 10.5 Å². The van der Waals surface area contributed by atoms with Gasteiger partial charge < -0.3 is 9.84 Å². The number of benzene rings is 1. The van der Waals surface area contributed by atoms with Gasteiger partial charge in [0.05, 0.1) is 16.9 Å². The summed E-state index contributed by atoms with van der Waals surface area (Å²) in [6, 6.07) is 5.99. The van der Waals surface area contributed by atoms with Crippen molar-refractivity contribution in [1.82, 2.24) is 14.8 Å². The Morgan fingerprint density at radius 2 is 1.84 bits per heavy atom. The van der Waals surface area contributed by atoms with Crippen LogP contribution in [0.4, 0.5) is 0 Å². The number of sulfonamides is 1. The maximum absolute atomic E-state index is 13.1. The number of nitrogens with one attached hydrogen (secondary N) is 1. The number of hydrogen-bond acceptors (Lipinski definition) is 7. The number of nitrogens with zero attached hydrogens (tertiary/aromatic N) is 2. The number of amides is 1. The zero-order valence-electron chi connectivity index (χ0n) is 18.0. The zero-order valence-corrected chi connectivity index (χ0v) is 19.6. The van der Waals surface area contributed by atoms with E-state index in [-0.39, 0.29) is 34.0 Å². The molecule has 2 heterocycles. The van der Waals surface area contributed by atoms with Gasteiger partial charge in [0.1, 0.15) is 10.6 Å². The lowest BCUT2D eigenvalue weighted by molar-refractivity contribution is -0.126. The molecule has 2 atom stereocenters. The third-order valence-electron chi connectivity index (χ3n) is 5.49. The smallest absolute Gasteiger partial charge is 0.248 e. The van der Waals surface area contributed by atoms with E-state index >= 15 is 0 Å². The largest absolute Gasteiger partial charge is 0.360 e. The van der Waals surface area contributed by atoms with E-state index in [9.17, 15) is 21.6 Å². The molecule has 1 N–H and O–H groups in total. The summed E-state index contributed by atoms with van der Waals surface area (Å²) in [6.45, 7) is 5.34. The van der Waals surface area contributed by atoms with E-state index < -0.39 is 25.8 Å². The Hall–Kier alpha value is -2.24. The molecule has 11 heteroatoms. The van der Waals surface area contributed by atoms with E-state index in [1.54, 1.807) is 32.9 Å². The zero-order chi connectivity index (χ0) is 23.0. The summed E-state index contributed by atoms with van der Waals surface area (Å²) in [4.78, 5) is 13.1. The first-order valence-electron chi connectivity index (χ1n) is 9.94. The molecule has 0 aliphatic carbocycles. The summed E-state index contributed by atoms with van der Waals surface area (Å²) in [5, 5.41) is 6.64. The Labute approximate surface area is 182 Å². The van der Waals surface area contributed by atoms with Crippen LogP contribution >= 0.6 is 0 Å². The number of aromatic nitrogens is 1. The second kappa shape index (κ2) is 8.71. The number of aryl methyl sites for hydroxylation is 2. The van der Waals surface area contributed by atoms with Gasteiger partial charge in [-0.3, -0.25) is 4.79 Å². The van der Waals surface area contributed by atoms with Crippen molar-refractivity contribution in [3.8, 4) is 0 Å². The van der Waals surface area contributed by atoms with Gasteiger partial charge in [0, 0.05) is 19.3 Å². The normalized spacial score (nSPS) is 19.2. The molecule has 1 amide bonds. The van der Waals surface area contributed by atoms with Gasteiger partial charge in [-0.1, -0.05) is 17.3 Å². The van der Waals surface area contributed by atoms with Gasteiger partial charge in [-0.05, 0) is 51.3 Å². The molecular formula is C20H27N3O6S2. The highest BCUT2D eigenvalue weighted by Gasteiger charge is 2.36. The Morgan fingerprint density at radius 1 is 1.19 bits per heavy atom. The van der Waals surface area contributed by atoms with Crippen molar-refractivity contribution in [1.29, 1.82) is 0 Å². The van der Waals surface area contributed by atoms with Crippen LogP contribution < -0.4 is 5.32 Å². The highest BCUT2D eigenvalue weighted by Crippen LogP contribution is 2.28. The van der Waals surface area contributed by atoms with Gasteiger partial charge in [-0.2, -0.15) is 4.31 Å². The average molecular weight is 470 g/mol. The molecule has 31 heavy (non-hydrogen) atoms. The van der Waals surface area contributed by atoms with Crippen LogP contribution in [0.25, 0.3) is 0 Å². The molecule has 9 nitrogen and oxygen atoms in total. The fourth-order valence-corrected chi connectivity index (χ4v) is 6.21. The summed E-state index contributed by atoms with van der Waals surface area (Å²) < 4.78 is 55.7. The van der Waals surface area contributed by atoms with Crippen molar-refractivity contribution in [3.05, 3.63) is 41.3 Å². The fraction of sp³-hybridized carbons (Fsp3) is 0.500.